The Bertz CT molecular complexity index is 463. The van der Waals surface area contributed by atoms with Crippen LogP contribution >= 0.6 is 0 Å². The second-order valence-electron chi connectivity index (χ2n) is 3.60. The second kappa shape index (κ2) is 3.90. The fraction of sp³-hybridized carbons (Fsp3) is 0.364. The molecule has 0 bridgehead atoms. The highest BCUT2D eigenvalue weighted by molar-refractivity contribution is 5.80. The third-order valence-corrected chi connectivity index (χ3v) is 2.29. The largest absolute Gasteiger partial charge is 0.497 e. The lowest BCUT2D eigenvalue weighted by Crippen LogP contribution is -2.12. The molecule has 15 heavy (non-hydrogen) atoms. The van der Waals surface area contributed by atoms with Crippen molar-refractivity contribution in [1.29, 1.82) is 0 Å². The smallest absolute Gasteiger partial charge is 0.121 e. The summed E-state index contributed by atoms with van der Waals surface area (Å²) in [6, 6.07) is 5.78. The van der Waals surface area contributed by atoms with Crippen LogP contribution in [0.25, 0.3) is 10.9 Å². The Labute approximate surface area is 88.1 Å². The van der Waals surface area contributed by atoms with Crippen molar-refractivity contribution in [3.8, 4) is 5.75 Å². The van der Waals surface area contributed by atoms with Crippen LogP contribution in [0.15, 0.2) is 24.4 Å². The summed E-state index contributed by atoms with van der Waals surface area (Å²) in [4.78, 5) is 0. The number of benzene rings is 1. The Morgan fingerprint density at radius 1 is 1.53 bits per heavy atom. The Morgan fingerprint density at radius 2 is 2.33 bits per heavy atom. The predicted molar refractivity (Wildman–Crippen MR) is 58.0 cm³/mol. The van der Waals surface area contributed by atoms with Crippen molar-refractivity contribution < 1.29 is 9.84 Å². The van der Waals surface area contributed by atoms with Crippen LogP contribution in [0, 0.1) is 0 Å². The molecule has 0 aliphatic carbocycles. The van der Waals surface area contributed by atoms with Gasteiger partial charge in [0.2, 0.25) is 0 Å². The molecule has 4 heteroatoms. The first-order valence-electron chi connectivity index (χ1n) is 4.88. The zero-order chi connectivity index (χ0) is 10.8. The molecular weight excluding hydrogens is 192 g/mol. The van der Waals surface area contributed by atoms with Gasteiger partial charge in [-0.2, -0.15) is 5.10 Å². The van der Waals surface area contributed by atoms with E-state index in [2.05, 4.69) is 5.10 Å². The van der Waals surface area contributed by atoms with Crippen molar-refractivity contribution in [3.63, 3.8) is 0 Å². The van der Waals surface area contributed by atoms with E-state index in [4.69, 9.17) is 4.74 Å². The molecule has 0 unspecified atom stereocenters. The highest BCUT2D eigenvalue weighted by Crippen LogP contribution is 2.20. The van der Waals surface area contributed by atoms with E-state index < -0.39 is 6.10 Å². The van der Waals surface area contributed by atoms with Crippen molar-refractivity contribution in [1.82, 2.24) is 9.78 Å². The van der Waals surface area contributed by atoms with Gasteiger partial charge in [-0.25, -0.2) is 0 Å². The van der Waals surface area contributed by atoms with Gasteiger partial charge in [0.15, 0.2) is 0 Å². The van der Waals surface area contributed by atoms with Gasteiger partial charge in [-0.3, -0.25) is 4.68 Å². The SMILES string of the molecule is COc1ccc2cnn(C[C@@H](C)O)c2c1. The average Bonchev–Trinajstić information content (AvgIpc) is 2.60. The van der Waals surface area contributed by atoms with Crippen LogP contribution in [-0.4, -0.2) is 28.1 Å². The minimum absolute atomic E-state index is 0.403. The topological polar surface area (TPSA) is 47.3 Å². The lowest BCUT2D eigenvalue weighted by Gasteiger charge is -2.06. The lowest BCUT2D eigenvalue weighted by atomic mass is 10.2. The second-order valence-corrected chi connectivity index (χ2v) is 3.60. The van der Waals surface area contributed by atoms with E-state index >= 15 is 0 Å². The summed E-state index contributed by atoms with van der Waals surface area (Å²) in [5.74, 6) is 0.801. The molecule has 1 N–H and O–H groups in total. The zero-order valence-corrected chi connectivity index (χ0v) is 8.84. The minimum atomic E-state index is -0.403. The van der Waals surface area contributed by atoms with E-state index in [1.54, 1.807) is 24.9 Å². The number of rotatable bonds is 3. The molecule has 4 nitrogen and oxygen atoms in total. The number of aromatic nitrogens is 2. The number of hydrogen-bond acceptors (Lipinski definition) is 3. The minimum Gasteiger partial charge on any atom is -0.497 e. The summed E-state index contributed by atoms with van der Waals surface area (Å²) >= 11 is 0. The summed E-state index contributed by atoms with van der Waals surface area (Å²) in [6.07, 6.45) is 1.39. The monoisotopic (exact) mass is 206 g/mol. The lowest BCUT2D eigenvalue weighted by molar-refractivity contribution is 0.170. The van der Waals surface area contributed by atoms with Gasteiger partial charge >= 0.3 is 0 Å². The van der Waals surface area contributed by atoms with E-state index in [9.17, 15) is 5.11 Å². The molecule has 1 aromatic carbocycles. The van der Waals surface area contributed by atoms with Gasteiger partial charge in [-0.1, -0.05) is 0 Å². The molecule has 1 atom stereocenters. The Morgan fingerprint density at radius 3 is 3.00 bits per heavy atom. The zero-order valence-electron chi connectivity index (χ0n) is 8.84. The van der Waals surface area contributed by atoms with Gasteiger partial charge in [0, 0.05) is 11.5 Å². The summed E-state index contributed by atoms with van der Waals surface area (Å²) in [5.41, 5.74) is 0.982. The first-order valence-corrected chi connectivity index (χ1v) is 4.88. The van der Waals surface area contributed by atoms with Gasteiger partial charge < -0.3 is 9.84 Å². The van der Waals surface area contributed by atoms with Crippen molar-refractivity contribution in [3.05, 3.63) is 24.4 Å². The third-order valence-electron chi connectivity index (χ3n) is 2.29. The van der Waals surface area contributed by atoms with Crippen molar-refractivity contribution in [2.24, 2.45) is 0 Å². The number of hydrogen-bond donors (Lipinski definition) is 1. The molecule has 0 saturated heterocycles. The highest BCUT2D eigenvalue weighted by atomic mass is 16.5. The molecule has 0 aliphatic heterocycles. The van der Waals surface area contributed by atoms with Crippen LogP contribution < -0.4 is 4.74 Å². The number of methoxy groups -OCH3 is 1. The number of aliphatic hydroxyl groups is 1. The molecule has 0 fully saturated rings. The predicted octanol–water partition coefficient (Wildman–Crippen LogP) is 1.43. The van der Waals surface area contributed by atoms with Crippen LogP contribution in [0.1, 0.15) is 6.92 Å². The van der Waals surface area contributed by atoms with Gasteiger partial charge in [-0.05, 0) is 19.1 Å². The van der Waals surface area contributed by atoms with E-state index in [0.29, 0.717) is 6.54 Å². The number of fused-ring (bicyclic) bond motifs is 1. The summed E-state index contributed by atoms with van der Waals surface area (Å²) in [6.45, 7) is 2.24. The molecule has 2 aromatic rings. The Hall–Kier alpha value is -1.55. The van der Waals surface area contributed by atoms with Crippen LogP contribution in [0.2, 0.25) is 0 Å². The molecule has 80 valence electrons. The quantitative estimate of drug-likeness (QED) is 0.826. The van der Waals surface area contributed by atoms with Gasteiger partial charge in [0.05, 0.1) is 31.5 Å². The number of ether oxygens (including phenoxy) is 1. The maximum Gasteiger partial charge on any atom is 0.121 e. The normalized spacial score (nSPS) is 13.0. The number of aliphatic hydroxyl groups excluding tert-OH is 1. The molecule has 0 amide bonds. The van der Waals surface area contributed by atoms with Crippen molar-refractivity contribution in [2.75, 3.05) is 7.11 Å². The van der Waals surface area contributed by atoms with Crippen LogP contribution in [0.4, 0.5) is 0 Å². The first kappa shape index (κ1) is 9.98. The summed E-state index contributed by atoms with van der Waals surface area (Å²) in [7, 11) is 1.64. The van der Waals surface area contributed by atoms with Gasteiger partial charge in [-0.15, -0.1) is 0 Å². The van der Waals surface area contributed by atoms with E-state index in [-0.39, 0.29) is 0 Å². The van der Waals surface area contributed by atoms with Crippen molar-refractivity contribution >= 4 is 10.9 Å². The van der Waals surface area contributed by atoms with Gasteiger partial charge in [0.25, 0.3) is 0 Å². The fourth-order valence-corrected chi connectivity index (χ4v) is 1.57. The molecule has 0 saturated carbocycles. The molecule has 0 radical (unpaired) electrons. The maximum atomic E-state index is 9.32. The van der Waals surface area contributed by atoms with Crippen LogP contribution in [0.5, 0.6) is 5.75 Å². The standard InChI is InChI=1S/C11H14N2O2/c1-8(14)7-13-11-5-10(15-2)4-3-9(11)6-12-13/h3-6,8,14H,7H2,1-2H3/t8-/m1/s1. The number of nitrogens with zero attached hydrogens (tertiary/aromatic N) is 2. The van der Waals surface area contributed by atoms with E-state index in [0.717, 1.165) is 16.7 Å². The van der Waals surface area contributed by atoms with Crippen LogP contribution in [-0.2, 0) is 6.54 Å². The molecule has 0 aliphatic rings. The van der Waals surface area contributed by atoms with E-state index in [1.807, 2.05) is 18.2 Å². The maximum absolute atomic E-state index is 9.32. The molecule has 1 heterocycles. The van der Waals surface area contributed by atoms with E-state index in [1.165, 1.54) is 0 Å². The first-order chi connectivity index (χ1) is 7.20. The molecule has 1 aromatic heterocycles. The Kier molecular flexibility index (Phi) is 2.60. The molecule has 2 rings (SSSR count). The summed E-state index contributed by atoms with van der Waals surface area (Å²) < 4.78 is 6.93. The summed E-state index contributed by atoms with van der Waals surface area (Å²) in [5, 5.41) is 14.6. The highest BCUT2D eigenvalue weighted by Gasteiger charge is 2.05. The average molecular weight is 206 g/mol. The molecular formula is C11H14N2O2. The van der Waals surface area contributed by atoms with Gasteiger partial charge in [0.1, 0.15) is 5.75 Å². The van der Waals surface area contributed by atoms with Crippen molar-refractivity contribution in [2.45, 2.75) is 19.6 Å². The Balaban J connectivity index is 2.46. The molecule has 0 spiro atoms. The van der Waals surface area contributed by atoms with Crippen LogP contribution in [0.3, 0.4) is 0 Å². The fourth-order valence-electron chi connectivity index (χ4n) is 1.57. The third kappa shape index (κ3) is 1.94.